The quantitative estimate of drug-likeness (QED) is 0.445. The van der Waals surface area contributed by atoms with Crippen LogP contribution in [-0.4, -0.2) is 29.3 Å². The van der Waals surface area contributed by atoms with Crippen LogP contribution in [0.25, 0.3) is 0 Å². The number of nitro groups is 1. The fourth-order valence-corrected chi connectivity index (χ4v) is 1.84. The summed E-state index contributed by atoms with van der Waals surface area (Å²) in [5.74, 6) is 1.36. The molecular formula is C16H15N5O4. The van der Waals surface area contributed by atoms with Crippen molar-refractivity contribution in [3.05, 3.63) is 52.2 Å². The van der Waals surface area contributed by atoms with E-state index in [1.165, 1.54) is 12.1 Å². The third kappa shape index (κ3) is 5.18. The second kappa shape index (κ2) is 8.83. The van der Waals surface area contributed by atoms with E-state index in [4.69, 9.17) is 14.7 Å². The molecule has 1 N–H and O–H groups in total. The lowest BCUT2D eigenvalue weighted by Gasteiger charge is -2.10. The Balaban J connectivity index is 2.05. The van der Waals surface area contributed by atoms with Crippen molar-refractivity contribution in [2.24, 2.45) is 5.10 Å². The fraction of sp³-hybridized carbons (Fsp3) is 0.188. The van der Waals surface area contributed by atoms with Crippen molar-refractivity contribution < 1.29 is 14.4 Å². The van der Waals surface area contributed by atoms with E-state index >= 15 is 0 Å². The van der Waals surface area contributed by atoms with Gasteiger partial charge in [-0.15, -0.1) is 0 Å². The van der Waals surface area contributed by atoms with Gasteiger partial charge in [-0.05, 0) is 36.8 Å². The Kier molecular flexibility index (Phi) is 6.24. The average Bonchev–Trinajstić information content (AvgIpc) is 2.62. The minimum atomic E-state index is -0.523. The Hall–Kier alpha value is -3.67. The molecular weight excluding hydrogens is 326 g/mol. The van der Waals surface area contributed by atoms with Gasteiger partial charge < -0.3 is 9.47 Å². The molecule has 2 rings (SSSR count). The van der Waals surface area contributed by atoms with Gasteiger partial charge in [0.2, 0.25) is 0 Å². The predicted molar refractivity (Wildman–Crippen MR) is 90.8 cm³/mol. The number of nitriles is 1. The molecule has 1 heterocycles. The number of pyridine rings is 1. The molecule has 0 radical (unpaired) electrons. The van der Waals surface area contributed by atoms with E-state index in [2.05, 4.69) is 15.5 Å². The lowest BCUT2D eigenvalue weighted by Crippen LogP contribution is -2.00. The number of ether oxygens (including phenoxy) is 2. The van der Waals surface area contributed by atoms with Gasteiger partial charge in [0.25, 0.3) is 5.69 Å². The van der Waals surface area contributed by atoms with Gasteiger partial charge in [0.1, 0.15) is 18.1 Å². The van der Waals surface area contributed by atoms with Gasteiger partial charge in [0.15, 0.2) is 18.1 Å². The fourth-order valence-electron chi connectivity index (χ4n) is 1.84. The van der Waals surface area contributed by atoms with Gasteiger partial charge in [-0.2, -0.15) is 10.4 Å². The first kappa shape index (κ1) is 17.7. The monoisotopic (exact) mass is 341 g/mol. The van der Waals surface area contributed by atoms with E-state index in [1.54, 1.807) is 24.4 Å². The zero-order valence-electron chi connectivity index (χ0n) is 13.4. The van der Waals surface area contributed by atoms with Crippen molar-refractivity contribution in [1.82, 2.24) is 4.98 Å². The van der Waals surface area contributed by atoms with Crippen molar-refractivity contribution in [2.75, 3.05) is 18.6 Å². The molecule has 0 aliphatic heterocycles. The second-order valence-electron chi connectivity index (χ2n) is 4.61. The van der Waals surface area contributed by atoms with Crippen molar-refractivity contribution in [3.63, 3.8) is 0 Å². The molecule has 0 aliphatic carbocycles. The van der Waals surface area contributed by atoms with Crippen molar-refractivity contribution in [2.45, 2.75) is 6.92 Å². The maximum absolute atomic E-state index is 10.6. The van der Waals surface area contributed by atoms with Crippen LogP contribution in [0.15, 0.2) is 41.6 Å². The third-order valence-corrected chi connectivity index (χ3v) is 2.91. The number of nitrogens with one attached hydrogen (secondary N) is 1. The van der Waals surface area contributed by atoms with E-state index in [9.17, 15) is 10.1 Å². The molecule has 128 valence electrons. The Morgan fingerprint density at radius 2 is 2.20 bits per heavy atom. The first-order valence-corrected chi connectivity index (χ1v) is 7.30. The number of rotatable bonds is 8. The topological polar surface area (TPSA) is 123 Å². The minimum absolute atomic E-state index is 0.0686. The summed E-state index contributed by atoms with van der Waals surface area (Å²) in [5, 5.41) is 23.2. The third-order valence-electron chi connectivity index (χ3n) is 2.91. The molecule has 0 spiro atoms. The Bertz CT molecular complexity index is 799. The van der Waals surface area contributed by atoms with Crippen LogP contribution in [0.3, 0.4) is 0 Å². The number of aromatic nitrogens is 1. The Morgan fingerprint density at radius 3 is 2.84 bits per heavy atom. The number of hydrazone groups is 1. The Labute approximate surface area is 143 Å². The molecule has 1 aromatic carbocycles. The predicted octanol–water partition coefficient (Wildman–Crippen LogP) is 2.74. The van der Waals surface area contributed by atoms with Crippen LogP contribution in [0, 0.1) is 21.4 Å². The molecule has 0 fully saturated rings. The van der Waals surface area contributed by atoms with Crippen LogP contribution in [0.4, 0.5) is 11.5 Å². The largest absolute Gasteiger partial charge is 0.490 e. The molecule has 0 aliphatic rings. The molecule has 9 heteroatoms. The van der Waals surface area contributed by atoms with Crippen molar-refractivity contribution >= 4 is 17.7 Å². The molecule has 9 nitrogen and oxygen atoms in total. The highest BCUT2D eigenvalue weighted by Gasteiger charge is 2.06. The van der Waals surface area contributed by atoms with Gasteiger partial charge in [0, 0.05) is 6.07 Å². The van der Waals surface area contributed by atoms with Crippen LogP contribution in [0.1, 0.15) is 12.5 Å². The first-order chi connectivity index (χ1) is 12.1. The number of anilines is 1. The summed E-state index contributed by atoms with van der Waals surface area (Å²) in [7, 11) is 0. The second-order valence-corrected chi connectivity index (χ2v) is 4.61. The molecule has 0 bridgehead atoms. The zero-order chi connectivity index (χ0) is 18.1. The van der Waals surface area contributed by atoms with Crippen LogP contribution < -0.4 is 14.9 Å². The molecule has 1 aromatic heterocycles. The SMILES string of the molecule is CCOc1cc(C=NNc2ccc([N+](=O)[O-])cn2)ccc1OCC#N. The molecule has 0 saturated heterocycles. The normalized spacial score (nSPS) is 10.2. The number of benzene rings is 1. The summed E-state index contributed by atoms with van der Waals surface area (Å²) in [6, 6.07) is 9.86. The zero-order valence-corrected chi connectivity index (χ0v) is 13.4. The van der Waals surface area contributed by atoms with Gasteiger partial charge in [-0.3, -0.25) is 15.5 Å². The number of hydrogen-bond donors (Lipinski definition) is 1. The molecule has 25 heavy (non-hydrogen) atoms. The molecule has 0 amide bonds. The summed E-state index contributed by atoms with van der Waals surface area (Å²) < 4.78 is 10.8. The highest BCUT2D eigenvalue weighted by Crippen LogP contribution is 2.28. The van der Waals surface area contributed by atoms with Crippen LogP contribution >= 0.6 is 0 Å². The summed E-state index contributed by atoms with van der Waals surface area (Å²) in [6.07, 6.45) is 2.69. The highest BCUT2D eigenvalue weighted by molar-refractivity contribution is 5.81. The standard InChI is InChI=1S/C16H15N5O4/c1-2-24-15-9-12(3-5-14(15)25-8-7-17)10-19-20-16-6-4-13(11-18-16)21(22)23/h3-6,9-11H,2,8H2,1H3,(H,18,20). The lowest BCUT2D eigenvalue weighted by atomic mass is 10.2. The summed E-state index contributed by atoms with van der Waals surface area (Å²) >= 11 is 0. The van der Waals surface area contributed by atoms with E-state index in [-0.39, 0.29) is 12.3 Å². The van der Waals surface area contributed by atoms with E-state index in [1.807, 2.05) is 13.0 Å². The molecule has 0 saturated carbocycles. The molecule has 0 atom stereocenters. The summed E-state index contributed by atoms with van der Waals surface area (Å²) in [6.45, 7) is 2.23. The van der Waals surface area contributed by atoms with Gasteiger partial charge in [-0.25, -0.2) is 4.98 Å². The molecule has 2 aromatic rings. The van der Waals surface area contributed by atoms with Crippen molar-refractivity contribution in [1.29, 1.82) is 5.26 Å². The first-order valence-electron chi connectivity index (χ1n) is 7.30. The maximum Gasteiger partial charge on any atom is 0.287 e. The minimum Gasteiger partial charge on any atom is -0.490 e. The van der Waals surface area contributed by atoms with E-state index in [0.29, 0.717) is 23.9 Å². The molecule has 0 unspecified atom stereocenters. The van der Waals surface area contributed by atoms with E-state index < -0.39 is 4.92 Å². The van der Waals surface area contributed by atoms with Gasteiger partial charge in [0.05, 0.1) is 17.7 Å². The average molecular weight is 341 g/mol. The number of nitrogens with zero attached hydrogens (tertiary/aromatic N) is 4. The number of hydrogen-bond acceptors (Lipinski definition) is 8. The highest BCUT2D eigenvalue weighted by atomic mass is 16.6. The smallest absolute Gasteiger partial charge is 0.287 e. The van der Waals surface area contributed by atoms with Crippen LogP contribution in [0.5, 0.6) is 11.5 Å². The van der Waals surface area contributed by atoms with E-state index in [0.717, 1.165) is 11.8 Å². The van der Waals surface area contributed by atoms with Crippen LogP contribution in [-0.2, 0) is 0 Å². The van der Waals surface area contributed by atoms with Gasteiger partial charge in [-0.1, -0.05) is 0 Å². The van der Waals surface area contributed by atoms with Crippen LogP contribution in [0.2, 0.25) is 0 Å². The maximum atomic E-state index is 10.6. The Morgan fingerprint density at radius 1 is 1.36 bits per heavy atom. The van der Waals surface area contributed by atoms with Crippen molar-refractivity contribution in [3.8, 4) is 17.6 Å². The summed E-state index contributed by atoms with van der Waals surface area (Å²) in [5.41, 5.74) is 3.32. The summed E-state index contributed by atoms with van der Waals surface area (Å²) in [4.78, 5) is 13.9. The van der Waals surface area contributed by atoms with Gasteiger partial charge >= 0.3 is 0 Å². The lowest BCUT2D eigenvalue weighted by molar-refractivity contribution is -0.385.